The minimum atomic E-state index is -0.479. The van der Waals surface area contributed by atoms with Crippen LogP contribution in [0, 0.1) is 0 Å². The van der Waals surface area contributed by atoms with E-state index in [4.69, 9.17) is 0 Å². The third-order valence-corrected chi connectivity index (χ3v) is 4.57. The number of fused-ring (bicyclic) bond motifs is 1. The lowest BCUT2D eigenvalue weighted by Gasteiger charge is -2.19. The van der Waals surface area contributed by atoms with Gasteiger partial charge in [0.1, 0.15) is 6.54 Å². The van der Waals surface area contributed by atoms with Crippen molar-refractivity contribution in [1.82, 2.24) is 18.7 Å². The molecule has 27 heavy (non-hydrogen) atoms. The van der Waals surface area contributed by atoms with Crippen LogP contribution in [0.2, 0.25) is 0 Å². The molecule has 0 atom stereocenters. The quantitative estimate of drug-likeness (QED) is 0.755. The van der Waals surface area contributed by atoms with Crippen molar-refractivity contribution in [3.8, 4) is 0 Å². The van der Waals surface area contributed by atoms with Crippen molar-refractivity contribution in [2.45, 2.75) is 32.7 Å². The first-order chi connectivity index (χ1) is 12.6. The molecule has 142 valence electrons. The summed E-state index contributed by atoms with van der Waals surface area (Å²) in [6, 6.07) is 7.67. The van der Waals surface area contributed by atoms with E-state index in [1.54, 1.807) is 0 Å². The first-order valence-electron chi connectivity index (χ1n) is 8.61. The fourth-order valence-electron chi connectivity index (χ4n) is 2.93. The number of amides is 1. The van der Waals surface area contributed by atoms with Gasteiger partial charge in [0, 0.05) is 19.8 Å². The first-order valence-corrected chi connectivity index (χ1v) is 8.61. The predicted molar refractivity (Wildman–Crippen MR) is 104 cm³/mol. The number of carbonyl (C=O) groups is 1. The Hall–Kier alpha value is -3.16. The maximum atomic E-state index is 12.4. The maximum absolute atomic E-state index is 12.4. The highest BCUT2D eigenvalue weighted by Crippen LogP contribution is 2.23. The molecular weight excluding hydrogens is 346 g/mol. The van der Waals surface area contributed by atoms with Crippen molar-refractivity contribution in [3.63, 3.8) is 0 Å². The van der Waals surface area contributed by atoms with E-state index in [2.05, 4.69) is 31.1 Å². The molecule has 2 aromatic heterocycles. The second kappa shape index (κ2) is 6.53. The van der Waals surface area contributed by atoms with Gasteiger partial charge in [-0.05, 0) is 23.1 Å². The number of benzene rings is 1. The molecule has 0 fully saturated rings. The number of hydrogen-bond donors (Lipinski definition) is 1. The zero-order valence-corrected chi connectivity index (χ0v) is 16.1. The average Bonchev–Trinajstić information content (AvgIpc) is 3.01. The normalized spacial score (nSPS) is 11.7. The zero-order chi connectivity index (χ0) is 19.9. The monoisotopic (exact) mass is 369 g/mol. The van der Waals surface area contributed by atoms with Gasteiger partial charge in [-0.1, -0.05) is 32.9 Å². The van der Waals surface area contributed by atoms with E-state index in [0.717, 1.165) is 4.57 Å². The molecule has 3 rings (SSSR count). The summed E-state index contributed by atoms with van der Waals surface area (Å²) in [5.74, 6) is -0.284. The van der Waals surface area contributed by atoms with Crippen LogP contribution in [-0.4, -0.2) is 24.6 Å². The van der Waals surface area contributed by atoms with E-state index >= 15 is 0 Å². The molecular formula is C19H23N5O3. The van der Waals surface area contributed by atoms with Crippen LogP contribution in [0.3, 0.4) is 0 Å². The predicted octanol–water partition coefficient (Wildman–Crippen LogP) is 1.37. The van der Waals surface area contributed by atoms with Crippen molar-refractivity contribution in [3.05, 3.63) is 57.0 Å². The molecule has 0 aliphatic carbocycles. The summed E-state index contributed by atoms with van der Waals surface area (Å²) in [6.07, 6.45) is 1.40. The van der Waals surface area contributed by atoms with E-state index in [1.807, 2.05) is 24.3 Å². The summed E-state index contributed by atoms with van der Waals surface area (Å²) >= 11 is 0. The van der Waals surface area contributed by atoms with Gasteiger partial charge in [0.25, 0.3) is 5.56 Å². The SMILES string of the molecule is Cn1c(=O)c2c(ncn2CC(=O)Nc2ccc(C(C)(C)C)cc2)n(C)c1=O. The van der Waals surface area contributed by atoms with E-state index < -0.39 is 11.2 Å². The molecule has 0 aliphatic rings. The number of nitrogens with one attached hydrogen (secondary N) is 1. The summed E-state index contributed by atoms with van der Waals surface area (Å²) in [6.45, 7) is 6.29. The molecule has 0 unspecified atom stereocenters. The van der Waals surface area contributed by atoms with Gasteiger partial charge in [0.05, 0.1) is 6.33 Å². The van der Waals surface area contributed by atoms with Crippen LogP contribution in [-0.2, 0) is 30.8 Å². The summed E-state index contributed by atoms with van der Waals surface area (Å²) in [5, 5.41) is 2.82. The van der Waals surface area contributed by atoms with Gasteiger partial charge < -0.3 is 9.88 Å². The van der Waals surface area contributed by atoms with Crippen LogP contribution < -0.4 is 16.6 Å². The van der Waals surface area contributed by atoms with Crippen molar-refractivity contribution >= 4 is 22.8 Å². The minimum Gasteiger partial charge on any atom is -0.325 e. The van der Waals surface area contributed by atoms with E-state index in [1.165, 1.54) is 35.1 Å². The lowest BCUT2D eigenvalue weighted by Crippen LogP contribution is -2.37. The fourth-order valence-corrected chi connectivity index (χ4v) is 2.93. The number of anilines is 1. The minimum absolute atomic E-state index is 0.0360. The number of nitrogens with zero attached hydrogens (tertiary/aromatic N) is 4. The van der Waals surface area contributed by atoms with Gasteiger partial charge >= 0.3 is 5.69 Å². The Morgan fingerprint density at radius 1 is 1.07 bits per heavy atom. The van der Waals surface area contributed by atoms with Gasteiger partial charge in [-0.15, -0.1) is 0 Å². The van der Waals surface area contributed by atoms with Gasteiger partial charge in [-0.3, -0.25) is 18.7 Å². The largest absolute Gasteiger partial charge is 0.332 e. The van der Waals surface area contributed by atoms with Gasteiger partial charge in [0.2, 0.25) is 5.91 Å². The number of imidazole rings is 1. The molecule has 0 saturated heterocycles. The molecule has 0 radical (unpaired) electrons. The zero-order valence-electron chi connectivity index (χ0n) is 16.1. The maximum Gasteiger partial charge on any atom is 0.332 e. The number of hydrogen-bond acceptors (Lipinski definition) is 4. The Bertz CT molecular complexity index is 1130. The number of aryl methyl sites for hydroxylation is 1. The van der Waals surface area contributed by atoms with Gasteiger partial charge in [0.15, 0.2) is 11.2 Å². The Morgan fingerprint density at radius 3 is 2.30 bits per heavy atom. The van der Waals surface area contributed by atoms with Crippen molar-refractivity contribution in [2.24, 2.45) is 14.1 Å². The number of aromatic nitrogens is 4. The van der Waals surface area contributed by atoms with Crippen LogP contribution >= 0.6 is 0 Å². The topological polar surface area (TPSA) is 90.9 Å². The standard InChI is InChI=1S/C19H23N5O3/c1-19(2,3)12-6-8-13(9-7-12)21-14(25)10-24-11-20-16-15(24)17(26)23(5)18(27)22(16)4/h6-9,11H,10H2,1-5H3,(H,21,25). The molecule has 0 aliphatic heterocycles. The lowest BCUT2D eigenvalue weighted by atomic mass is 9.87. The number of rotatable bonds is 3. The van der Waals surface area contributed by atoms with Crippen LogP contribution in [0.1, 0.15) is 26.3 Å². The third kappa shape index (κ3) is 3.42. The molecule has 8 heteroatoms. The van der Waals surface area contributed by atoms with Crippen molar-refractivity contribution < 1.29 is 4.79 Å². The van der Waals surface area contributed by atoms with Crippen molar-refractivity contribution in [2.75, 3.05) is 5.32 Å². The van der Waals surface area contributed by atoms with Crippen molar-refractivity contribution in [1.29, 1.82) is 0 Å². The van der Waals surface area contributed by atoms with Crippen LogP contribution in [0.5, 0.6) is 0 Å². The Balaban J connectivity index is 1.85. The third-order valence-electron chi connectivity index (χ3n) is 4.57. The highest BCUT2D eigenvalue weighted by molar-refractivity contribution is 5.91. The number of carbonyl (C=O) groups excluding carboxylic acids is 1. The smallest absolute Gasteiger partial charge is 0.325 e. The highest BCUT2D eigenvalue weighted by atomic mass is 16.2. The Labute approximate surface area is 156 Å². The fraction of sp³-hybridized carbons (Fsp3) is 0.368. The average molecular weight is 369 g/mol. The lowest BCUT2D eigenvalue weighted by molar-refractivity contribution is -0.116. The van der Waals surface area contributed by atoms with Gasteiger partial charge in [-0.25, -0.2) is 9.78 Å². The summed E-state index contributed by atoms with van der Waals surface area (Å²) in [4.78, 5) is 40.9. The molecule has 1 amide bonds. The summed E-state index contributed by atoms with van der Waals surface area (Å²) in [5.41, 5.74) is 1.43. The van der Waals surface area contributed by atoms with Crippen LogP contribution in [0.15, 0.2) is 40.2 Å². The molecule has 8 nitrogen and oxygen atoms in total. The summed E-state index contributed by atoms with van der Waals surface area (Å²) in [7, 11) is 2.94. The first kappa shape index (κ1) is 18.6. The molecule has 3 aromatic rings. The van der Waals surface area contributed by atoms with Crippen LogP contribution in [0.25, 0.3) is 11.2 Å². The molecule has 0 saturated carbocycles. The van der Waals surface area contributed by atoms with E-state index in [-0.39, 0.29) is 29.0 Å². The molecule has 1 N–H and O–H groups in total. The Morgan fingerprint density at radius 2 is 1.70 bits per heavy atom. The Kier molecular flexibility index (Phi) is 4.51. The highest BCUT2D eigenvalue weighted by Gasteiger charge is 2.16. The molecule has 0 spiro atoms. The summed E-state index contributed by atoms with van der Waals surface area (Å²) < 4.78 is 3.75. The second-order valence-corrected chi connectivity index (χ2v) is 7.63. The van der Waals surface area contributed by atoms with E-state index in [9.17, 15) is 14.4 Å². The van der Waals surface area contributed by atoms with Crippen LogP contribution in [0.4, 0.5) is 5.69 Å². The van der Waals surface area contributed by atoms with E-state index in [0.29, 0.717) is 5.69 Å². The molecule has 0 bridgehead atoms. The second-order valence-electron chi connectivity index (χ2n) is 7.63. The van der Waals surface area contributed by atoms with Gasteiger partial charge in [-0.2, -0.15) is 0 Å². The molecule has 2 heterocycles. The molecule has 1 aromatic carbocycles.